The van der Waals surface area contributed by atoms with Gasteiger partial charge in [-0.1, -0.05) is 36.4 Å². The van der Waals surface area contributed by atoms with Gasteiger partial charge in [0.2, 0.25) is 0 Å². The highest BCUT2D eigenvalue weighted by Gasteiger charge is 2.13. The fourth-order valence-electron chi connectivity index (χ4n) is 2.63. The summed E-state index contributed by atoms with van der Waals surface area (Å²) in [6.45, 7) is 1.97. The highest BCUT2D eigenvalue weighted by atomic mass is 16.5. The zero-order valence-corrected chi connectivity index (χ0v) is 12.7. The van der Waals surface area contributed by atoms with E-state index in [9.17, 15) is 4.79 Å². The molecule has 0 amide bonds. The number of para-hydroxylation sites is 2. The number of anilines is 1. The standard InChI is InChI=1S/C18H18N2O2/c1-12(11-17(21)22-2)19-18-13-7-3-5-9-15(13)20-16-10-6-4-8-14(16)18/h3-10,12H,11H2,1-2H3,(H,19,20). The van der Waals surface area contributed by atoms with Crippen LogP contribution >= 0.6 is 0 Å². The van der Waals surface area contributed by atoms with Gasteiger partial charge in [0.15, 0.2) is 0 Å². The number of ether oxygens (including phenoxy) is 1. The molecule has 1 N–H and O–H groups in total. The quantitative estimate of drug-likeness (QED) is 0.588. The normalized spacial score (nSPS) is 12.3. The Bertz CT molecular complexity index is 776. The molecule has 0 saturated heterocycles. The maximum Gasteiger partial charge on any atom is 0.307 e. The van der Waals surface area contributed by atoms with Gasteiger partial charge in [0.25, 0.3) is 0 Å². The van der Waals surface area contributed by atoms with E-state index in [1.54, 1.807) is 0 Å². The van der Waals surface area contributed by atoms with Crippen molar-refractivity contribution in [2.75, 3.05) is 12.4 Å². The third-order valence-corrected chi connectivity index (χ3v) is 3.68. The van der Waals surface area contributed by atoms with Gasteiger partial charge in [-0.25, -0.2) is 4.98 Å². The van der Waals surface area contributed by atoms with Crippen molar-refractivity contribution in [2.45, 2.75) is 19.4 Å². The average Bonchev–Trinajstić information content (AvgIpc) is 2.54. The largest absolute Gasteiger partial charge is 0.469 e. The summed E-state index contributed by atoms with van der Waals surface area (Å²) in [6.07, 6.45) is 0.321. The Balaban J connectivity index is 2.10. The van der Waals surface area contributed by atoms with E-state index in [1.165, 1.54) is 7.11 Å². The van der Waals surface area contributed by atoms with Crippen LogP contribution in [0.2, 0.25) is 0 Å². The minimum Gasteiger partial charge on any atom is -0.469 e. The molecule has 0 fully saturated rings. The van der Waals surface area contributed by atoms with Gasteiger partial charge in [0.1, 0.15) is 0 Å². The summed E-state index contributed by atoms with van der Waals surface area (Å²) >= 11 is 0. The molecule has 0 bridgehead atoms. The van der Waals surface area contributed by atoms with Crippen LogP contribution in [0.1, 0.15) is 13.3 Å². The number of nitrogens with one attached hydrogen (secondary N) is 1. The van der Waals surface area contributed by atoms with E-state index < -0.39 is 0 Å². The predicted octanol–water partition coefficient (Wildman–Crippen LogP) is 3.75. The highest BCUT2D eigenvalue weighted by Crippen LogP contribution is 2.31. The predicted molar refractivity (Wildman–Crippen MR) is 89.0 cm³/mol. The van der Waals surface area contributed by atoms with Crippen molar-refractivity contribution in [1.29, 1.82) is 0 Å². The van der Waals surface area contributed by atoms with Crippen LogP contribution in [0.15, 0.2) is 48.5 Å². The zero-order valence-electron chi connectivity index (χ0n) is 12.7. The topological polar surface area (TPSA) is 51.2 Å². The van der Waals surface area contributed by atoms with E-state index in [0.717, 1.165) is 27.5 Å². The number of fused-ring (bicyclic) bond motifs is 2. The van der Waals surface area contributed by atoms with Crippen LogP contribution in [-0.2, 0) is 9.53 Å². The van der Waals surface area contributed by atoms with Gasteiger partial charge >= 0.3 is 5.97 Å². The van der Waals surface area contributed by atoms with Gasteiger partial charge in [-0.15, -0.1) is 0 Å². The Morgan fingerprint density at radius 3 is 2.18 bits per heavy atom. The number of carbonyl (C=O) groups is 1. The van der Waals surface area contributed by atoms with Gasteiger partial charge in [-0.2, -0.15) is 0 Å². The summed E-state index contributed by atoms with van der Waals surface area (Å²) < 4.78 is 4.74. The second-order valence-electron chi connectivity index (χ2n) is 5.35. The van der Waals surface area contributed by atoms with E-state index in [1.807, 2.05) is 55.5 Å². The third-order valence-electron chi connectivity index (χ3n) is 3.68. The van der Waals surface area contributed by atoms with Gasteiger partial charge in [0, 0.05) is 16.8 Å². The van der Waals surface area contributed by atoms with E-state index in [2.05, 4.69) is 5.32 Å². The fraction of sp³-hybridized carbons (Fsp3) is 0.222. The smallest absolute Gasteiger partial charge is 0.307 e. The van der Waals surface area contributed by atoms with Crippen molar-refractivity contribution < 1.29 is 9.53 Å². The summed E-state index contributed by atoms with van der Waals surface area (Å²) in [6, 6.07) is 16.0. The maximum atomic E-state index is 11.5. The van der Waals surface area contributed by atoms with Crippen molar-refractivity contribution in [3.63, 3.8) is 0 Å². The second kappa shape index (κ2) is 6.02. The number of nitrogens with zero attached hydrogens (tertiary/aromatic N) is 1. The molecule has 0 saturated carbocycles. The molecule has 3 rings (SSSR count). The lowest BCUT2D eigenvalue weighted by atomic mass is 10.1. The van der Waals surface area contributed by atoms with Crippen LogP contribution in [0.4, 0.5) is 5.69 Å². The fourth-order valence-corrected chi connectivity index (χ4v) is 2.63. The lowest BCUT2D eigenvalue weighted by Gasteiger charge is -2.18. The van der Waals surface area contributed by atoms with Crippen LogP contribution in [-0.4, -0.2) is 24.1 Å². The molecule has 1 atom stereocenters. The van der Waals surface area contributed by atoms with E-state index >= 15 is 0 Å². The van der Waals surface area contributed by atoms with Crippen LogP contribution in [0.3, 0.4) is 0 Å². The second-order valence-corrected chi connectivity index (χ2v) is 5.35. The molecular weight excluding hydrogens is 276 g/mol. The maximum absolute atomic E-state index is 11.5. The first-order chi connectivity index (χ1) is 10.7. The number of esters is 1. The molecule has 0 aliphatic carbocycles. The number of pyridine rings is 1. The molecule has 1 heterocycles. The van der Waals surface area contributed by atoms with Crippen LogP contribution in [0.25, 0.3) is 21.8 Å². The Morgan fingerprint density at radius 1 is 1.09 bits per heavy atom. The van der Waals surface area contributed by atoms with E-state index in [4.69, 9.17) is 9.72 Å². The number of benzene rings is 2. The summed E-state index contributed by atoms with van der Waals surface area (Å²) in [5, 5.41) is 5.56. The first kappa shape index (κ1) is 14.3. The molecule has 4 nitrogen and oxygen atoms in total. The summed E-state index contributed by atoms with van der Waals surface area (Å²) in [4.78, 5) is 16.2. The monoisotopic (exact) mass is 294 g/mol. The van der Waals surface area contributed by atoms with Gasteiger partial charge < -0.3 is 10.1 Å². The molecule has 1 aromatic heterocycles. The molecule has 1 unspecified atom stereocenters. The molecule has 0 spiro atoms. The van der Waals surface area contributed by atoms with Crippen molar-refractivity contribution in [2.24, 2.45) is 0 Å². The molecule has 3 aromatic rings. The first-order valence-electron chi connectivity index (χ1n) is 7.30. The molecule has 0 aliphatic heterocycles. The van der Waals surface area contributed by atoms with Crippen LogP contribution in [0.5, 0.6) is 0 Å². The highest BCUT2D eigenvalue weighted by molar-refractivity contribution is 6.07. The Morgan fingerprint density at radius 2 is 1.64 bits per heavy atom. The molecule has 2 aromatic carbocycles. The Hall–Kier alpha value is -2.62. The van der Waals surface area contributed by atoms with Crippen molar-refractivity contribution in [3.05, 3.63) is 48.5 Å². The molecule has 112 valence electrons. The number of rotatable bonds is 4. The van der Waals surface area contributed by atoms with Crippen molar-refractivity contribution >= 4 is 33.5 Å². The zero-order chi connectivity index (χ0) is 15.5. The minimum absolute atomic E-state index is 0.0262. The summed E-state index contributed by atoms with van der Waals surface area (Å²) in [7, 11) is 1.41. The minimum atomic E-state index is -0.220. The van der Waals surface area contributed by atoms with Crippen molar-refractivity contribution in [3.8, 4) is 0 Å². The molecule has 22 heavy (non-hydrogen) atoms. The summed E-state index contributed by atoms with van der Waals surface area (Å²) in [5.74, 6) is -0.220. The Labute approximate surface area is 129 Å². The number of hydrogen-bond donors (Lipinski definition) is 1. The third kappa shape index (κ3) is 2.72. The Kier molecular flexibility index (Phi) is 3.92. The molecule has 0 aliphatic rings. The van der Waals surface area contributed by atoms with Gasteiger partial charge in [0.05, 0.1) is 30.3 Å². The van der Waals surface area contributed by atoms with Gasteiger partial charge in [-0.05, 0) is 19.1 Å². The SMILES string of the molecule is COC(=O)CC(C)Nc1c2ccccc2nc2ccccc12. The van der Waals surface area contributed by atoms with E-state index in [-0.39, 0.29) is 12.0 Å². The number of aromatic nitrogens is 1. The van der Waals surface area contributed by atoms with Crippen LogP contribution < -0.4 is 5.32 Å². The number of hydrogen-bond acceptors (Lipinski definition) is 4. The average molecular weight is 294 g/mol. The first-order valence-corrected chi connectivity index (χ1v) is 7.30. The van der Waals surface area contributed by atoms with Crippen LogP contribution in [0, 0.1) is 0 Å². The number of carbonyl (C=O) groups excluding carboxylic acids is 1. The summed E-state index contributed by atoms with van der Waals surface area (Å²) in [5.41, 5.74) is 2.89. The van der Waals surface area contributed by atoms with Crippen molar-refractivity contribution in [1.82, 2.24) is 4.98 Å². The molecular formula is C18H18N2O2. The lowest BCUT2D eigenvalue weighted by molar-refractivity contribution is -0.140. The molecule has 4 heteroatoms. The molecule has 0 radical (unpaired) electrons. The number of methoxy groups -OCH3 is 1. The van der Waals surface area contributed by atoms with Gasteiger partial charge in [-0.3, -0.25) is 4.79 Å². The van der Waals surface area contributed by atoms with E-state index in [0.29, 0.717) is 6.42 Å². The lowest BCUT2D eigenvalue weighted by Crippen LogP contribution is -2.20.